The minimum atomic E-state index is -0.605. The minimum absolute atomic E-state index is 0.227. The second kappa shape index (κ2) is 11.5. The molecule has 6 nitrogen and oxygen atoms in total. The number of nitrogens with zero attached hydrogens (tertiary/aromatic N) is 1. The molecule has 2 aromatic rings. The quantitative estimate of drug-likeness (QED) is 0.582. The fraction of sp³-hybridized carbons (Fsp3) is 0.478. The van der Waals surface area contributed by atoms with Crippen LogP contribution in [0.3, 0.4) is 0 Å². The number of aliphatic hydroxyl groups is 1. The van der Waals surface area contributed by atoms with Crippen LogP contribution in [0.1, 0.15) is 25.8 Å². The molecule has 0 saturated carbocycles. The molecule has 0 aliphatic carbocycles. The van der Waals surface area contributed by atoms with Crippen LogP contribution in [0.2, 0.25) is 0 Å². The van der Waals surface area contributed by atoms with Gasteiger partial charge in [-0.05, 0) is 55.3 Å². The average Bonchev–Trinajstić information content (AvgIpc) is 2.76. The second-order valence-electron chi connectivity index (χ2n) is 7.02. The fourth-order valence-corrected chi connectivity index (χ4v) is 3.06. The predicted octanol–water partition coefficient (Wildman–Crippen LogP) is 3.75. The van der Waals surface area contributed by atoms with E-state index in [9.17, 15) is 5.11 Å². The molecule has 0 aliphatic heterocycles. The molecule has 0 spiro atoms. The van der Waals surface area contributed by atoms with Crippen molar-refractivity contribution in [1.82, 2.24) is 4.90 Å². The fourth-order valence-electron chi connectivity index (χ4n) is 3.06. The molecule has 0 saturated heterocycles. The predicted molar refractivity (Wildman–Crippen MR) is 114 cm³/mol. The van der Waals surface area contributed by atoms with Crippen LogP contribution in [-0.2, 0) is 6.54 Å². The van der Waals surface area contributed by atoms with Crippen molar-refractivity contribution in [3.8, 4) is 23.0 Å². The molecular formula is C23H33NO5. The van der Waals surface area contributed by atoms with Crippen molar-refractivity contribution in [3.05, 3.63) is 48.0 Å². The molecular weight excluding hydrogens is 370 g/mol. The zero-order valence-corrected chi connectivity index (χ0v) is 18.1. The number of benzene rings is 2. The Balaban J connectivity index is 1.98. The van der Waals surface area contributed by atoms with Gasteiger partial charge in [0.15, 0.2) is 11.5 Å². The van der Waals surface area contributed by atoms with Gasteiger partial charge < -0.3 is 24.1 Å². The highest BCUT2D eigenvalue weighted by Crippen LogP contribution is 2.28. The third kappa shape index (κ3) is 6.84. The smallest absolute Gasteiger partial charge is 0.161 e. The van der Waals surface area contributed by atoms with E-state index in [4.69, 9.17) is 18.9 Å². The summed E-state index contributed by atoms with van der Waals surface area (Å²) in [5, 5.41) is 10.6. The molecule has 0 amide bonds. The molecule has 2 rings (SSSR count). The van der Waals surface area contributed by atoms with Crippen LogP contribution in [-0.4, -0.2) is 56.6 Å². The summed E-state index contributed by atoms with van der Waals surface area (Å²) >= 11 is 0. The summed E-state index contributed by atoms with van der Waals surface area (Å²) < 4.78 is 21.6. The Bertz CT molecular complexity index is 735. The molecule has 0 unspecified atom stereocenters. The maximum absolute atomic E-state index is 10.6. The van der Waals surface area contributed by atoms with Gasteiger partial charge >= 0.3 is 0 Å². The molecule has 29 heavy (non-hydrogen) atoms. The molecule has 6 heteroatoms. The Labute approximate surface area is 174 Å². The molecule has 0 heterocycles. The van der Waals surface area contributed by atoms with Crippen molar-refractivity contribution < 1.29 is 24.1 Å². The van der Waals surface area contributed by atoms with Gasteiger partial charge in [0.25, 0.3) is 0 Å². The normalized spacial score (nSPS) is 13.1. The van der Waals surface area contributed by atoms with Crippen LogP contribution in [0.25, 0.3) is 0 Å². The van der Waals surface area contributed by atoms with E-state index in [1.54, 1.807) is 21.3 Å². The van der Waals surface area contributed by atoms with Crippen molar-refractivity contribution in [2.75, 3.05) is 34.5 Å². The summed E-state index contributed by atoms with van der Waals surface area (Å²) in [6, 6.07) is 13.6. The van der Waals surface area contributed by atoms with Crippen molar-refractivity contribution in [1.29, 1.82) is 0 Å². The van der Waals surface area contributed by atoms with Crippen molar-refractivity contribution >= 4 is 0 Å². The van der Waals surface area contributed by atoms with Gasteiger partial charge in [0.1, 0.15) is 24.2 Å². The molecule has 0 bridgehead atoms. The highest BCUT2D eigenvalue weighted by molar-refractivity contribution is 5.42. The number of hydrogen-bond acceptors (Lipinski definition) is 6. The summed E-state index contributed by atoms with van der Waals surface area (Å²) in [6.07, 6.45) is 0.380. The number of ether oxygens (including phenoxy) is 4. The lowest BCUT2D eigenvalue weighted by atomic mass is 10.1. The lowest BCUT2D eigenvalue weighted by Crippen LogP contribution is -2.40. The van der Waals surface area contributed by atoms with Crippen molar-refractivity contribution in [2.45, 2.75) is 39.0 Å². The SMILES string of the molecule is CC[C@@H](C)N(Cc1ccc(OC)c(OC)c1)C[C@@H](O)COc1ccc(OC)cc1. The summed E-state index contributed by atoms with van der Waals surface area (Å²) in [5.41, 5.74) is 1.10. The Morgan fingerprint density at radius 2 is 1.55 bits per heavy atom. The minimum Gasteiger partial charge on any atom is -0.497 e. The number of methoxy groups -OCH3 is 3. The average molecular weight is 404 g/mol. The van der Waals surface area contributed by atoms with Crippen LogP contribution >= 0.6 is 0 Å². The summed E-state index contributed by atoms with van der Waals surface area (Å²) in [7, 11) is 4.89. The molecule has 2 aromatic carbocycles. The lowest BCUT2D eigenvalue weighted by molar-refractivity contribution is 0.0506. The van der Waals surface area contributed by atoms with E-state index >= 15 is 0 Å². The zero-order chi connectivity index (χ0) is 21.2. The third-order valence-corrected chi connectivity index (χ3v) is 4.99. The van der Waals surface area contributed by atoms with Crippen LogP contribution in [0.5, 0.6) is 23.0 Å². The first kappa shape index (κ1) is 22.8. The number of aliphatic hydroxyl groups excluding tert-OH is 1. The Hall–Kier alpha value is -2.44. The molecule has 1 N–H and O–H groups in total. The van der Waals surface area contributed by atoms with Gasteiger partial charge in [-0.25, -0.2) is 0 Å². The van der Waals surface area contributed by atoms with Crippen LogP contribution in [0, 0.1) is 0 Å². The van der Waals surface area contributed by atoms with E-state index in [1.165, 1.54) is 0 Å². The first-order chi connectivity index (χ1) is 14.0. The van der Waals surface area contributed by atoms with E-state index in [0.29, 0.717) is 36.4 Å². The topological polar surface area (TPSA) is 60.4 Å². The van der Waals surface area contributed by atoms with E-state index in [-0.39, 0.29) is 6.61 Å². The highest BCUT2D eigenvalue weighted by Gasteiger charge is 2.18. The van der Waals surface area contributed by atoms with E-state index in [2.05, 4.69) is 18.7 Å². The van der Waals surface area contributed by atoms with E-state index in [0.717, 1.165) is 17.7 Å². The van der Waals surface area contributed by atoms with E-state index in [1.807, 2.05) is 42.5 Å². The number of hydrogen-bond donors (Lipinski definition) is 1. The zero-order valence-electron chi connectivity index (χ0n) is 18.1. The van der Waals surface area contributed by atoms with Gasteiger partial charge in [-0.3, -0.25) is 4.90 Å². The molecule has 0 fully saturated rings. The molecule has 0 aliphatic rings. The van der Waals surface area contributed by atoms with Gasteiger partial charge in [-0.1, -0.05) is 13.0 Å². The van der Waals surface area contributed by atoms with Crippen LogP contribution in [0.4, 0.5) is 0 Å². The van der Waals surface area contributed by atoms with Crippen LogP contribution in [0.15, 0.2) is 42.5 Å². The summed E-state index contributed by atoms with van der Waals surface area (Å²) in [5.74, 6) is 2.90. The molecule has 0 aromatic heterocycles. The van der Waals surface area contributed by atoms with Gasteiger partial charge in [-0.15, -0.1) is 0 Å². The second-order valence-corrected chi connectivity index (χ2v) is 7.02. The van der Waals surface area contributed by atoms with Gasteiger partial charge in [0.05, 0.1) is 21.3 Å². The molecule has 160 valence electrons. The lowest BCUT2D eigenvalue weighted by Gasteiger charge is -2.30. The number of rotatable bonds is 12. The monoisotopic (exact) mass is 403 g/mol. The first-order valence-electron chi connectivity index (χ1n) is 9.90. The Morgan fingerprint density at radius 3 is 2.14 bits per heavy atom. The Morgan fingerprint density at radius 1 is 0.897 bits per heavy atom. The van der Waals surface area contributed by atoms with Crippen molar-refractivity contribution in [3.63, 3.8) is 0 Å². The largest absolute Gasteiger partial charge is 0.497 e. The van der Waals surface area contributed by atoms with Crippen molar-refractivity contribution in [2.24, 2.45) is 0 Å². The van der Waals surface area contributed by atoms with Gasteiger partial charge in [0.2, 0.25) is 0 Å². The maximum atomic E-state index is 10.6. The van der Waals surface area contributed by atoms with Gasteiger partial charge in [-0.2, -0.15) is 0 Å². The Kier molecular flexibility index (Phi) is 9.09. The van der Waals surface area contributed by atoms with E-state index < -0.39 is 6.10 Å². The molecule has 2 atom stereocenters. The third-order valence-electron chi connectivity index (χ3n) is 4.99. The highest BCUT2D eigenvalue weighted by atomic mass is 16.5. The first-order valence-corrected chi connectivity index (χ1v) is 9.90. The standard InChI is InChI=1S/C23H33NO5/c1-6-17(2)24(14-18-7-12-22(27-4)23(13-18)28-5)15-19(25)16-29-21-10-8-20(26-3)9-11-21/h7-13,17,19,25H,6,14-16H2,1-5H3/t17-,19-/m1/s1. The summed E-state index contributed by atoms with van der Waals surface area (Å²) in [4.78, 5) is 2.25. The maximum Gasteiger partial charge on any atom is 0.161 e. The summed E-state index contributed by atoms with van der Waals surface area (Å²) in [6.45, 7) is 5.75. The van der Waals surface area contributed by atoms with Crippen LogP contribution < -0.4 is 18.9 Å². The molecule has 0 radical (unpaired) electrons. The van der Waals surface area contributed by atoms with Gasteiger partial charge in [0, 0.05) is 19.1 Å².